The van der Waals surface area contributed by atoms with Gasteiger partial charge in [0.05, 0.1) is 39.2 Å². The van der Waals surface area contributed by atoms with Gasteiger partial charge in [0.25, 0.3) is 6.04 Å². The minimum absolute atomic E-state index is 0.0403. The molecule has 1 aliphatic heterocycles. The van der Waals surface area contributed by atoms with Crippen molar-refractivity contribution >= 4 is 5.97 Å². The number of nitrogens with zero attached hydrogens (tertiary/aromatic N) is 2. The highest BCUT2D eigenvalue weighted by molar-refractivity contribution is 5.66. The predicted octanol–water partition coefficient (Wildman–Crippen LogP) is 4.72. The lowest BCUT2D eigenvalue weighted by Crippen LogP contribution is -2.44. The Morgan fingerprint density at radius 1 is 1.12 bits per heavy atom. The number of ether oxygens (including phenoxy) is 6. The molecule has 11 nitrogen and oxygen atoms in total. The second kappa shape index (κ2) is 13.2. The van der Waals surface area contributed by atoms with E-state index in [2.05, 4.69) is 6.07 Å². The Hall–Kier alpha value is -4.20. The molecule has 1 aliphatic rings. The topological polar surface area (TPSA) is 139 Å². The molecule has 2 aromatic rings. The molecule has 0 saturated carbocycles. The first-order chi connectivity index (χ1) is 19.1. The van der Waals surface area contributed by atoms with Gasteiger partial charge in [-0.25, -0.2) is 0 Å². The Balaban J connectivity index is 1.94. The van der Waals surface area contributed by atoms with Crippen molar-refractivity contribution in [1.82, 2.24) is 0 Å². The normalized spacial score (nSPS) is 17.1. The Bertz CT molecular complexity index is 1240. The van der Waals surface area contributed by atoms with Crippen LogP contribution in [0.5, 0.6) is 28.7 Å². The quantitative estimate of drug-likeness (QED) is 0.193. The minimum Gasteiger partial charge on any atom is -0.493 e. The summed E-state index contributed by atoms with van der Waals surface area (Å²) in [4.78, 5) is 23.9. The van der Waals surface area contributed by atoms with Crippen LogP contribution in [0.3, 0.4) is 0 Å². The van der Waals surface area contributed by atoms with Crippen LogP contribution < -0.4 is 23.7 Å². The Morgan fingerprint density at radius 2 is 1.80 bits per heavy atom. The SMILES string of the molecule is COc1ccc(C(C#N)(CCC(OC(C)=O)C(CC2COc3ccccc3O2)[N+](=O)[O-])C(C)C)c(OC)c1OC. The highest BCUT2D eigenvalue weighted by atomic mass is 16.6. The molecular formula is C29H36N2O9. The van der Waals surface area contributed by atoms with Crippen LogP contribution in [0.4, 0.5) is 0 Å². The molecule has 2 aromatic carbocycles. The summed E-state index contributed by atoms with van der Waals surface area (Å²) in [6.45, 7) is 5.09. The molecule has 0 N–H and O–H groups in total. The Kier molecular flexibility index (Phi) is 10.0. The molecule has 0 radical (unpaired) electrons. The second-order valence-corrected chi connectivity index (χ2v) is 9.89. The van der Waals surface area contributed by atoms with E-state index >= 15 is 0 Å². The van der Waals surface area contributed by atoms with Crippen LogP contribution in [0, 0.1) is 27.4 Å². The van der Waals surface area contributed by atoms with E-state index < -0.39 is 34.6 Å². The smallest absolute Gasteiger partial charge is 0.303 e. The largest absolute Gasteiger partial charge is 0.493 e. The van der Waals surface area contributed by atoms with Crippen LogP contribution >= 0.6 is 0 Å². The highest BCUT2D eigenvalue weighted by Crippen LogP contribution is 2.49. The van der Waals surface area contributed by atoms with Crippen LogP contribution in [0.2, 0.25) is 0 Å². The van der Waals surface area contributed by atoms with Gasteiger partial charge in [0.1, 0.15) is 12.7 Å². The molecule has 0 fully saturated rings. The number of nitriles is 1. The van der Waals surface area contributed by atoms with E-state index in [9.17, 15) is 20.2 Å². The lowest BCUT2D eigenvalue weighted by Gasteiger charge is -2.35. The van der Waals surface area contributed by atoms with Crippen molar-refractivity contribution in [3.8, 4) is 34.8 Å². The predicted molar refractivity (Wildman–Crippen MR) is 145 cm³/mol. The number of hydrogen-bond acceptors (Lipinski definition) is 10. The summed E-state index contributed by atoms with van der Waals surface area (Å²) >= 11 is 0. The number of para-hydroxylation sites is 2. The van der Waals surface area contributed by atoms with Crippen LogP contribution in [0.15, 0.2) is 36.4 Å². The summed E-state index contributed by atoms with van der Waals surface area (Å²) in [5.41, 5.74) is -0.613. The number of benzene rings is 2. The number of carbonyl (C=O) groups is 1. The Morgan fingerprint density at radius 3 is 2.35 bits per heavy atom. The molecule has 216 valence electrons. The molecular weight excluding hydrogens is 520 g/mol. The van der Waals surface area contributed by atoms with E-state index in [1.807, 2.05) is 19.9 Å². The summed E-state index contributed by atoms with van der Waals surface area (Å²) in [6, 6.07) is 11.6. The van der Waals surface area contributed by atoms with Gasteiger partial charge in [-0.1, -0.05) is 26.0 Å². The van der Waals surface area contributed by atoms with Gasteiger partial charge in [-0.3, -0.25) is 14.9 Å². The van der Waals surface area contributed by atoms with Gasteiger partial charge in [-0.05, 0) is 43.0 Å². The lowest BCUT2D eigenvalue weighted by molar-refractivity contribution is -0.536. The first-order valence-electron chi connectivity index (χ1n) is 13.0. The molecule has 0 saturated heterocycles. The summed E-state index contributed by atoms with van der Waals surface area (Å²) in [6.07, 6.45) is -1.62. The summed E-state index contributed by atoms with van der Waals surface area (Å²) < 4.78 is 33.8. The maximum Gasteiger partial charge on any atom is 0.303 e. The lowest BCUT2D eigenvalue weighted by atomic mass is 9.68. The van der Waals surface area contributed by atoms with Crippen molar-refractivity contribution in [2.24, 2.45) is 5.92 Å². The third-order valence-electron chi connectivity index (χ3n) is 7.28. The summed E-state index contributed by atoms with van der Waals surface area (Å²) in [5, 5.41) is 22.8. The van der Waals surface area contributed by atoms with Crippen molar-refractivity contribution in [3.63, 3.8) is 0 Å². The number of fused-ring (bicyclic) bond motifs is 1. The van der Waals surface area contributed by atoms with Crippen LogP contribution in [-0.4, -0.2) is 57.1 Å². The molecule has 0 aliphatic carbocycles. The average Bonchev–Trinajstić information content (AvgIpc) is 2.94. The van der Waals surface area contributed by atoms with Gasteiger partial charge in [0.2, 0.25) is 5.75 Å². The van der Waals surface area contributed by atoms with Gasteiger partial charge in [-0.2, -0.15) is 5.26 Å². The molecule has 1 heterocycles. The molecule has 11 heteroatoms. The summed E-state index contributed by atoms with van der Waals surface area (Å²) in [5.74, 6) is 1.25. The van der Waals surface area contributed by atoms with Gasteiger partial charge in [0, 0.05) is 17.4 Å². The maximum absolute atomic E-state index is 12.3. The molecule has 0 aromatic heterocycles. The van der Waals surface area contributed by atoms with Gasteiger partial charge < -0.3 is 28.4 Å². The van der Waals surface area contributed by atoms with E-state index in [4.69, 9.17) is 28.4 Å². The van der Waals surface area contributed by atoms with E-state index in [0.29, 0.717) is 34.3 Å². The number of carbonyl (C=O) groups excluding carboxylic acids is 1. The molecule has 4 unspecified atom stereocenters. The Labute approximate surface area is 234 Å². The number of methoxy groups -OCH3 is 3. The first-order valence-corrected chi connectivity index (χ1v) is 13.0. The number of nitro groups is 1. The zero-order valence-corrected chi connectivity index (χ0v) is 23.7. The molecule has 0 spiro atoms. The maximum atomic E-state index is 12.3. The van der Waals surface area contributed by atoms with Crippen LogP contribution in [0.25, 0.3) is 0 Å². The molecule has 40 heavy (non-hydrogen) atoms. The molecule has 4 atom stereocenters. The van der Waals surface area contributed by atoms with E-state index in [-0.39, 0.29) is 31.8 Å². The van der Waals surface area contributed by atoms with Crippen LogP contribution in [-0.2, 0) is 14.9 Å². The minimum atomic E-state index is -1.29. The summed E-state index contributed by atoms with van der Waals surface area (Å²) in [7, 11) is 4.44. The van der Waals surface area contributed by atoms with Gasteiger partial charge in [0.15, 0.2) is 29.1 Å². The second-order valence-electron chi connectivity index (χ2n) is 9.89. The van der Waals surface area contributed by atoms with Crippen molar-refractivity contribution in [2.75, 3.05) is 27.9 Å². The standard InChI is InChI=1S/C29H36N2O9/c1-18(2)29(17-30,21-11-12-26(35-4)28(37-6)27(21)36-5)14-13-23(39-19(3)32)22(31(33)34)15-20-16-38-24-9-7-8-10-25(24)40-20/h7-12,18,20,22-23H,13-16H2,1-6H3. The number of rotatable bonds is 13. The van der Waals surface area contributed by atoms with E-state index in [0.717, 1.165) is 0 Å². The van der Waals surface area contributed by atoms with Crippen molar-refractivity contribution in [1.29, 1.82) is 5.26 Å². The van der Waals surface area contributed by atoms with E-state index in [1.165, 1.54) is 28.3 Å². The van der Waals surface area contributed by atoms with Crippen molar-refractivity contribution in [2.45, 2.75) is 63.7 Å². The van der Waals surface area contributed by atoms with Crippen LogP contribution in [0.1, 0.15) is 45.6 Å². The monoisotopic (exact) mass is 556 g/mol. The van der Waals surface area contributed by atoms with Gasteiger partial charge >= 0.3 is 5.97 Å². The van der Waals surface area contributed by atoms with E-state index in [1.54, 1.807) is 30.3 Å². The molecule has 0 amide bonds. The number of esters is 1. The first kappa shape index (κ1) is 30.3. The number of hydrogen-bond donors (Lipinski definition) is 0. The molecule has 3 rings (SSSR count). The fourth-order valence-corrected chi connectivity index (χ4v) is 5.17. The average molecular weight is 557 g/mol. The fraction of sp³-hybridized carbons (Fsp3) is 0.517. The zero-order valence-electron chi connectivity index (χ0n) is 23.7. The highest BCUT2D eigenvalue weighted by Gasteiger charge is 2.44. The van der Waals surface area contributed by atoms with Crippen molar-refractivity contribution < 1.29 is 38.1 Å². The van der Waals surface area contributed by atoms with Crippen molar-refractivity contribution in [3.05, 3.63) is 52.1 Å². The fourth-order valence-electron chi connectivity index (χ4n) is 5.17. The zero-order chi connectivity index (χ0) is 29.4. The van der Waals surface area contributed by atoms with Gasteiger partial charge in [-0.15, -0.1) is 0 Å². The third kappa shape index (κ3) is 6.33. The third-order valence-corrected chi connectivity index (χ3v) is 7.28. The molecule has 0 bridgehead atoms.